The molecule has 0 aliphatic heterocycles. The molecule has 0 fully saturated rings. The van der Waals surface area contributed by atoms with E-state index in [4.69, 9.17) is 27.9 Å². The Hall–Kier alpha value is -2.70. The molecule has 0 unspecified atom stereocenters. The average molecular weight is 596 g/mol. The van der Waals surface area contributed by atoms with Crippen LogP contribution in [0.25, 0.3) is 10.8 Å². The summed E-state index contributed by atoms with van der Waals surface area (Å²) in [5, 5.41) is 25.4. The molecule has 0 radical (unpaired) electrons. The molecule has 2 N–H and O–H groups in total. The van der Waals surface area contributed by atoms with Gasteiger partial charge in [-0.05, 0) is 55.1 Å². The Morgan fingerprint density at radius 2 is 1.77 bits per heavy atom. The quantitative estimate of drug-likeness (QED) is 0.189. The number of hydrogen-bond donors (Lipinski definition) is 2. The number of nitrogens with zero attached hydrogens (tertiary/aromatic N) is 2. The summed E-state index contributed by atoms with van der Waals surface area (Å²) in [6, 6.07) is 15.4. The van der Waals surface area contributed by atoms with Gasteiger partial charge in [0.25, 0.3) is 16.0 Å². The summed E-state index contributed by atoms with van der Waals surface area (Å²) in [6.45, 7) is 3.69. The van der Waals surface area contributed by atoms with Gasteiger partial charge in [-0.15, -0.1) is 0 Å². The summed E-state index contributed by atoms with van der Waals surface area (Å²) in [7, 11) is -4.63. The zero-order chi connectivity index (χ0) is 27.6. The second-order valence-corrected chi connectivity index (χ2v) is 10.3. The van der Waals surface area contributed by atoms with E-state index in [1.807, 2.05) is 0 Å². The molecule has 0 saturated carbocycles. The molecule has 0 saturated heterocycles. The molecule has 4 aromatic carbocycles. The zero-order valence-electron chi connectivity index (χ0n) is 21.0. The number of rotatable bonds is 7. The summed E-state index contributed by atoms with van der Waals surface area (Å²) < 4.78 is 38.3. The SMILES string of the molecule is CCOc1c(Cl)cccc1NC(=O)c1cc2ccccc2c(N=Nc2cc(S(=O)(=O)O)c(Cl)cc2C)c1[O-].[Na+]. The van der Waals surface area contributed by atoms with Gasteiger partial charge in [0.2, 0.25) is 0 Å². The van der Waals surface area contributed by atoms with Crippen LogP contribution in [0.15, 0.2) is 75.8 Å². The summed E-state index contributed by atoms with van der Waals surface area (Å²) in [5.74, 6) is -1.14. The van der Waals surface area contributed by atoms with Crippen LogP contribution in [-0.2, 0) is 10.1 Å². The number of hydrogen-bond acceptors (Lipinski definition) is 7. The molecular weight excluding hydrogens is 576 g/mol. The number of anilines is 1. The topological polar surface area (TPSA) is 140 Å². The minimum Gasteiger partial charge on any atom is -0.870 e. The van der Waals surface area contributed by atoms with Crippen LogP contribution >= 0.6 is 23.2 Å². The number of carbonyl (C=O) groups excluding carboxylic acids is 1. The van der Waals surface area contributed by atoms with E-state index in [1.165, 1.54) is 12.1 Å². The summed E-state index contributed by atoms with van der Waals surface area (Å²) in [6.07, 6.45) is 0. The number of amides is 1. The first-order valence-electron chi connectivity index (χ1n) is 11.2. The monoisotopic (exact) mass is 595 g/mol. The fourth-order valence-corrected chi connectivity index (χ4v) is 5.02. The van der Waals surface area contributed by atoms with Crippen molar-refractivity contribution in [2.75, 3.05) is 11.9 Å². The predicted octanol–water partition coefficient (Wildman–Crippen LogP) is 3.85. The van der Waals surface area contributed by atoms with Crippen LogP contribution in [0.5, 0.6) is 11.5 Å². The second-order valence-electron chi connectivity index (χ2n) is 8.07. The van der Waals surface area contributed by atoms with E-state index in [0.29, 0.717) is 28.0 Å². The number of ether oxygens (including phenoxy) is 1. The van der Waals surface area contributed by atoms with Gasteiger partial charge >= 0.3 is 29.6 Å². The van der Waals surface area contributed by atoms with E-state index in [-0.39, 0.29) is 63.0 Å². The molecular formula is C26H20Cl2N3NaO6S. The number of nitrogens with one attached hydrogen (secondary N) is 1. The molecule has 0 spiro atoms. The molecule has 39 heavy (non-hydrogen) atoms. The molecule has 13 heteroatoms. The Labute approximate surface area is 256 Å². The van der Waals surface area contributed by atoms with Gasteiger partial charge in [0.05, 0.1) is 33.7 Å². The Morgan fingerprint density at radius 1 is 1.05 bits per heavy atom. The van der Waals surface area contributed by atoms with Crippen molar-refractivity contribution in [3.8, 4) is 11.5 Å². The van der Waals surface area contributed by atoms with E-state index < -0.39 is 26.7 Å². The molecule has 0 heterocycles. The molecule has 4 aromatic rings. The van der Waals surface area contributed by atoms with Crippen LogP contribution in [0.1, 0.15) is 22.8 Å². The maximum absolute atomic E-state index is 13.4. The van der Waals surface area contributed by atoms with Crippen LogP contribution in [0.2, 0.25) is 10.0 Å². The van der Waals surface area contributed by atoms with Crippen molar-refractivity contribution < 1.29 is 57.2 Å². The van der Waals surface area contributed by atoms with Crippen LogP contribution in [0.3, 0.4) is 0 Å². The van der Waals surface area contributed by atoms with Crippen LogP contribution in [-0.4, -0.2) is 25.5 Å². The van der Waals surface area contributed by atoms with Crippen molar-refractivity contribution >= 4 is 67.1 Å². The number of azo groups is 1. The Balaban J connectivity index is 0.00000420. The van der Waals surface area contributed by atoms with Gasteiger partial charge in [-0.1, -0.05) is 59.3 Å². The molecule has 0 aliphatic carbocycles. The van der Waals surface area contributed by atoms with Crippen molar-refractivity contribution in [1.82, 2.24) is 0 Å². The van der Waals surface area contributed by atoms with Crippen LogP contribution < -0.4 is 44.7 Å². The minimum absolute atomic E-state index is 0. The van der Waals surface area contributed by atoms with Gasteiger partial charge in [-0.3, -0.25) is 9.35 Å². The summed E-state index contributed by atoms with van der Waals surface area (Å²) in [5.41, 5.74) is 0.454. The van der Waals surface area contributed by atoms with E-state index in [0.717, 1.165) is 6.07 Å². The third-order valence-electron chi connectivity index (χ3n) is 5.51. The number of aryl methyl sites for hydroxylation is 1. The van der Waals surface area contributed by atoms with E-state index in [2.05, 4.69) is 15.5 Å². The normalized spacial score (nSPS) is 11.4. The maximum atomic E-state index is 13.4. The van der Waals surface area contributed by atoms with Crippen molar-refractivity contribution in [3.63, 3.8) is 0 Å². The van der Waals surface area contributed by atoms with E-state index >= 15 is 0 Å². The first-order chi connectivity index (χ1) is 18.0. The number of halogens is 2. The smallest absolute Gasteiger partial charge is 0.870 e. The third-order valence-corrected chi connectivity index (χ3v) is 7.13. The number of para-hydroxylation sites is 1. The fraction of sp³-hybridized carbons (Fsp3) is 0.115. The van der Waals surface area contributed by atoms with Gasteiger partial charge in [0.15, 0.2) is 5.75 Å². The molecule has 0 aromatic heterocycles. The Kier molecular flexibility index (Phi) is 10.0. The largest absolute Gasteiger partial charge is 1.00 e. The second kappa shape index (κ2) is 12.6. The standard InChI is InChI=1S/C26H21Cl2N3O6S.Na/c1-3-37-25-18(27)9-6-10-20(25)29-26(33)17-12-15-7-4-5-8-16(15)23(24(17)32)31-30-21-13-22(38(34,35)36)19(28)11-14(21)2;/h4-13,32H,3H2,1-2H3,(H,29,33)(H,34,35,36);/q;+1/p-1. The molecule has 0 aliphatic rings. The number of benzene rings is 4. The minimum atomic E-state index is -4.63. The molecule has 0 bridgehead atoms. The molecule has 0 atom stereocenters. The van der Waals surface area contributed by atoms with Gasteiger partial charge in [0, 0.05) is 10.9 Å². The number of carbonyl (C=O) groups is 1. The molecule has 4 rings (SSSR count). The van der Waals surface area contributed by atoms with Crippen molar-refractivity contribution in [3.05, 3.63) is 81.8 Å². The molecule has 1 amide bonds. The summed E-state index contributed by atoms with van der Waals surface area (Å²) in [4.78, 5) is 12.7. The van der Waals surface area contributed by atoms with Crippen LogP contribution in [0.4, 0.5) is 17.1 Å². The predicted molar refractivity (Wildman–Crippen MR) is 144 cm³/mol. The fourth-order valence-electron chi connectivity index (χ4n) is 3.72. The van der Waals surface area contributed by atoms with E-state index in [9.17, 15) is 22.9 Å². The van der Waals surface area contributed by atoms with Gasteiger partial charge in [-0.2, -0.15) is 18.6 Å². The van der Waals surface area contributed by atoms with Crippen molar-refractivity contribution in [1.29, 1.82) is 0 Å². The van der Waals surface area contributed by atoms with Crippen molar-refractivity contribution in [2.45, 2.75) is 18.7 Å². The third kappa shape index (κ3) is 6.72. The Morgan fingerprint density at radius 3 is 2.46 bits per heavy atom. The number of fused-ring (bicyclic) bond motifs is 1. The van der Waals surface area contributed by atoms with Crippen molar-refractivity contribution in [2.24, 2.45) is 10.2 Å². The maximum Gasteiger partial charge on any atom is 1.00 e. The summed E-state index contributed by atoms with van der Waals surface area (Å²) >= 11 is 12.2. The Bertz CT molecular complexity index is 1710. The first-order valence-corrected chi connectivity index (χ1v) is 13.4. The molecule has 9 nitrogen and oxygen atoms in total. The van der Waals surface area contributed by atoms with E-state index in [1.54, 1.807) is 56.3 Å². The first kappa shape index (κ1) is 30.8. The zero-order valence-corrected chi connectivity index (χ0v) is 25.4. The van der Waals surface area contributed by atoms with Gasteiger partial charge in [0.1, 0.15) is 4.90 Å². The average Bonchev–Trinajstić information content (AvgIpc) is 2.85. The van der Waals surface area contributed by atoms with Gasteiger partial charge < -0.3 is 15.2 Å². The molecule has 196 valence electrons. The van der Waals surface area contributed by atoms with Crippen LogP contribution in [0, 0.1) is 6.92 Å². The van der Waals surface area contributed by atoms with Gasteiger partial charge in [-0.25, -0.2) is 0 Å².